The fourth-order valence-corrected chi connectivity index (χ4v) is 11.9. The van der Waals surface area contributed by atoms with Crippen molar-refractivity contribution < 1.29 is 0 Å². The largest absolute Gasteiger partial charge is 0.310 e. The summed E-state index contributed by atoms with van der Waals surface area (Å²) in [5.41, 5.74) is 25.5. The van der Waals surface area contributed by atoms with E-state index < -0.39 is 5.41 Å². The number of rotatable bonds is 4. The third-order valence-corrected chi connectivity index (χ3v) is 14.7. The molecule has 0 unspecified atom stereocenters. The van der Waals surface area contributed by atoms with Gasteiger partial charge in [0.2, 0.25) is 0 Å². The van der Waals surface area contributed by atoms with Crippen LogP contribution in [-0.4, -0.2) is 0 Å². The minimum absolute atomic E-state index is 0.152. The molecule has 306 valence electrons. The molecular formula is C64H45N. The fraction of sp³-hybridized carbons (Fsp3) is 0.0625. The Morgan fingerprint density at radius 1 is 0.262 bits per heavy atom. The van der Waals surface area contributed by atoms with Crippen molar-refractivity contribution in [3.8, 4) is 66.8 Å². The van der Waals surface area contributed by atoms with Gasteiger partial charge >= 0.3 is 0 Å². The van der Waals surface area contributed by atoms with E-state index in [1.165, 1.54) is 100 Å². The highest BCUT2D eigenvalue weighted by atomic mass is 15.1. The molecule has 1 spiro atoms. The summed E-state index contributed by atoms with van der Waals surface area (Å²) in [6, 6.07) is 88.7. The Bertz CT molecular complexity index is 3490. The van der Waals surface area contributed by atoms with Crippen molar-refractivity contribution >= 4 is 17.1 Å². The number of para-hydroxylation sites is 1. The lowest BCUT2D eigenvalue weighted by molar-refractivity contribution is 0.660. The first kappa shape index (κ1) is 37.5. The predicted octanol–water partition coefficient (Wildman–Crippen LogP) is 16.8. The molecule has 3 aliphatic carbocycles. The van der Waals surface area contributed by atoms with Gasteiger partial charge in [-0.3, -0.25) is 0 Å². The topological polar surface area (TPSA) is 3.24 Å². The Kier molecular flexibility index (Phi) is 8.24. The highest BCUT2D eigenvalue weighted by Crippen LogP contribution is 2.61. The van der Waals surface area contributed by atoms with Gasteiger partial charge < -0.3 is 4.90 Å². The van der Waals surface area contributed by atoms with Crippen LogP contribution >= 0.6 is 0 Å². The summed E-state index contributed by atoms with van der Waals surface area (Å²) in [6.45, 7) is 4.75. The molecule has 65 heavy (non-hydrogen) atoms. The van der Waals surface area contributed by atoms with Gasteiger partial charge in [0, 0.05) is 22.4 Å². The van der Waals surface area contributed by atoms with Crippen molar-refractivity contribution in [2.24, 2.45) is 0 Å². The van der Waals surface area contributed by atoms with Gasteiger partial charge in [-0.25, -0.2) is 0 Å². The van der Waals surface area contributed by atoms with Gasteiger partial charge in [-0.1, -0.05) is 220 Å². The standard InChI is InChI=1S/C64H45N/c1-63(2)56-30-14-8-27-51(56)54-39-37-44(41-61(54)63)65(62-35-19-13-22-45(62)42-20-4-3-5-21-42)43-36-38-48-50-26-10-16-32-58(50)64(59-33-17-11-28-52(59)53-29-12-18-34-60(53)64)57-31-15-9-25-49(57)46-23-6-7-24-47(46)55(48)40-43/h3-41H,1-2H3. The van der Waals surface area contributed by atoms with Gasteiger partial charge in [0.15, 0.2) is 0 Å². The maximum absolute atomic E-state index is 2.50. The maximum atomic E-state index is 2.50. The third kappa shape index (κ3) is 5.33. The summed E-state index contributed by atoms with van der Waals surface area (Å²) in [5, 5.41) is 0. The van der Waals surface area contributed by atoms with E-state index >= 15 is 0 Å². The van der Waals surface area contributed by atoms with Crippen molar-refractivity contribution in [1.82, 2.24) is 0 Å². The van der Waals surface area contributed by atoms with Gasteiger partial charge in [0.25, 0.3) is 0 Å². The van der Waals surface area contributed by atoms with Crippen LogP contribution < -0.4 is 4.90 Å². The van der Waals surface area contributed by atoms with Crippen molar-refractivity contribution in [2.75, 3.05) is 4.90 Å². The van der Waals surface area contributed by atoms with Gasteiger partial charge in [0.1, 0.15) is 0 Å². The summed E-state index contributed by atoms with van der Waals surface area (Å²) >= 11 is 0. The van der Waals surface area contributed by atoms with Crippen molar-refractivity contribution in [3.05, 3.63) is 270 Å². The highest BCUT2D eigenvalue weighted by molar-refractivity contribution is 6.01. The van der Waals surface area contributed by atoms with Gasteiger partial charge in [0.05, 0.1) is 11.1 Å². The molecule has 0 radical (unpaired) electrons. The molecule has 0 heterocycles. The second-order valence-electron chi connectivity index (χ2n) is 18.3. The first-order chi connectivity index (χ1) is 32.0. The zero-order valence-corrected chi connectivity index (χ0v) is 36.5. The molecule has 0 bridgehead atoms. The molecule has 0 fully saturated rings. The molecule has 13 rings (SSSR count). The van der Waals surface area contributed by atoms with Crippen LogP contribution in [0, 0.1) is 0 Å². The molecule has 0 amide bonds. The minimum Gasteiger partial charge on any atom is -0.310 e. The van der Waals surface area contributed by atoms with Crippen LogP contribution in [-0.2, 0) is 10.8 Å². The molecule has 3 aliphatic rings. The van der Waals surface area contributed by atoms with Crippen LogP contribution in [0.3, 0.4) is 0 Å². The summed E-state index contributed by atoms with van der Waals surface area (Å²) in [5.74, 6) is 0. The molecule has 0 aromatic heterocycles. The first-order valence-corrected chi connectivity index (χ1v) is 22.8. The van der Waals surface area contributed by atoms with E-state index in [-0.39, 0.29) is 5.41 Å². The SMILES string of the molecule is CC1(C)c2ccccc2-c2ccc(N(c3ccc4c(c3)-c3ccccc3-c3ccccc3C3(c5ccccc5-4)c4ccccc4-c4ccccc43)c3ccccc3-c3ccccc3)cc21. The zero-order chi connectivity index (χ0) is 43.3. The van der Waals surface area contributed by atoms with E-state index in [4.69, 9.17) is 0 Å². The van der Waals surface area contributed by atoms with E-state index in [1.54, 1.807) is 0 Å². The maximum Gasteiger partial charge on any atom is 0.0725 e. The quantitative estimate of drug-likeness (QED) is 0.171. The smallest absolute Gasteiger partial charge is 0.0725 e. The van der Waals surface area contributed by atoms with Crippen LogP contribution in [0.25, 0.3) is 66.8 Å². The normalized spacial score (nSPS) is 13.9. The van der Waals surface area contributed by atoms with E-state index in [1.807, 2.05) is 0 Å². The molecule has 0 saturated carbocycles. The number of hydrogen-bond acceptors (Lipinski definition) is 1. The fourth-order valence-electron chi connectivity index (χ4n) is 11.9. The number of fused-ring (bicyclic) bond motifs is 17. The molecule has 10 aromatic rings. The van der Waals surface area contributed by atoms with Crippen molar-refractivity contribution in [1.29, 1.82) is 0 Å². The van der Waals surface area contributed by atoms with E-state index in [9.17, 15) is 0 Å². The number of anilines is 3. The summed E-state index contributed by atoms with van der Waals surface area (Å²) in [6.07, 6.45) is 0. The first-order valence-electron chi connectivity index (χ1n) is 22.8. The van der Waals surface area contributed by atoms with E-state index in [0.717, 1.165) is 17.1 Å². The second-order valence-corrected chi connectivity index (χ2v) is 18.3. The van der Waals surface area contributed by atoms with Crippen LogP contribution in [0.4, 0.5) is 17.1 Å². The van der Waals surface area contributed by atoms with E-state index in [0.29, 0.717) is 0 Å². The van der Waals surface area contributed by atoms with Crippen LogP contribution in [0.5, 0.6) is 0 Å². The van der Waals surface area contributed by atoms with Crippen molar-refractivity contribution in [3.63, 3.8) is 0 Å². The lowest BCUT2D eigenvalue weighted by Crippen LogP contribution is -2.30. The highest BCUT2D eigenvalue weighted by Gasteiger charge is 2.49. The lowest BCUT2D eigenvalue weighted by Gasteiger charge is -2.36. The van der Waals surface area contributed by atoms with Gasteiger partial charge in [-0.2, -0.15) is 0 Å². The molecular weight excluding hydrogens is 783 g/mol. The monoisotopic (exact) mass is 827 g/mol. The third-order valence-electron chi connectivity index (χ3n) is 14.7. The second kappa shape index (κ2) is 14.3. The summed E-state index contributed by atoms with van der Waals surface area (Å²) in [4.78, 5) is 2.50. The van der Waals surface area contributed by atoms with Crippen LogP contribution in [0.1, 0.15) is 47.2 Å². The Labute approximate surface area is 381 Å². The average molecular weight is 828 g/mol. The molecule has 1 heteroatoms. The lowest BCUT2D eigenvalue weighted by atomic mass is 9.64. The Balaban J connectivity index is 1.12. The molecule has 0 saturated heterocycles. The average Bonchev–Trinajstić information content (AvgIpc) is 3.80. The number of hydrogen-bond donors (Lipinski definition) is 0. The molecule has 0 atom stereocenters. The number of benzene rings is 10. The molecule has 10 aromatic carbocycles. The van der Waals surface area contributed by atoms with E-state index in [2.05, 4.69) is 255 Å². The predicted molar refractivity (Wildman–Crippen MR) is 271 cm³/mol. The van der Waals surface area contributed by atoms with Crippen LogP contribution in [0.2, 0.25) is 0 Å². The van der Waals surface area contributed by atoms with Crippen LogP contribution in [0.15, 0.2) is 237 Å². The van der Waals surface area contributed by atoms with Gasteiger partial charge in [-0.05, 0) is 125 Å². The Hall–Kier alpha value is -8.00. The molecule has 0 aliphatic heterocycles. The van der Waals surface area contributed by atoms with Crippen molar-refractivity contribution in [2.45, 2.75) is 24.7 Å². The molecule has 1 nitrogen and oxygen atoms in total. The molecule has 0 N–H and O–H groups in total. The minimum atomic E-state index is -0.566. The Morgan fingerprint density at radius 2 is 0.615 bits per heavy atom. The zero-order valence-electron chi connectivity index (χ0n) is 36.5. The summed E-state index contributed by atoms with van der Waals surface area (Å²) in [7, 11) is 0. The number of nitrogens with zero attached hydrogens (tertiary/aromatic N) is 1. The Morgan fingerprint density at radius 3 is 1.17 bits per heavy atom. The summed E-state index contributed by atoms with van der Waals surface area (Å²) < 4.78 is 0. The van der Waals surface area contributed by atoms with Gasteiger partial charge in [-0.15, -0.1) is 0 Å².